The molecule has 1 amide bonds. The Hall–Kier alpha value is -0.570. The fraction of sp³-hybridized carbons (Fsp3) is 0.857. The van der Waals surface area contributed by atoms with Crippen molar-refractivity contribution >= 4 is 5.91 Å². The Balaban J connectivity index is 1.88. The molecule has 0 atom stereocenters. The highest BCUT2D eigenvalue weighted by Crippen LogP contribution is 2.18. The Labute approximate surface area is 61.2 Å². The van der Waals surface area contributed by atoms with E-state index in [1.165, 1.54) is 12.8 Å². The lowest BCUT2D eigenvalue weighted by molar-refractivity contribution is -0.120. The predicted molar refractivity (Wildman–Crippen MR) is 39.7 cm³/mol. The molecule has 3 heteroatoms. The first-order chi connectivity index (χ1) is 4.83. The Morgan fingerprint density at radius 2 is 2.30 bits per heavy atom. The molecule has 0 unspecified atom stereocenters. The molecule has 2 N–H and O–H groups in total. The second kappa shape index (κ2) is 3.56. The summed E-state index contributed by atoms with van der Waals surface area (Å²) >= 11 is 0. The molecule has 1 fully saturated rings. The van der Waals surface area contributed by atoms with Gasteiger partial charge in [0.05, 0.1) is 0 Å². The molecule has 0 saturated heterocycles. The van der Waals surface area contributed by atoms with E-state index in [4.69, 9.17) is 0 Å². The molecule has 0 aromatic rings. The molecule has 10 heavy (non-hydrogen) atoms. The molecule has 1 aliphatic rings. The van der Waals surface area contributed by atoms with E-state index < -0.39 is 0 Å². The van der Waals surface area contributed by atoms with Crippen LogP contribution in [-0.2, 0) is 4.79 Å². The van der Waals surface area contributed by atoms with Crippen molar-refractivity contribution in [3.63, 3.8) is 0 Å². The van der Waals surface area contributed by atoms with E-state index in [0.717, 1.165) is 6.54 Å². The second-order valence-electron chi connectivity index (χ2n) is 2.65. The van der Waals surface area contributed by atoms with Crippen LogP contribution >= 0.6 is 0 Å². The van der Waals surface area contributed by atoms with Crippen LogP contribution in [0.3, 0.4) is 0 Å². The molecular formula is C7H14N2O. The molecule has 1 rings (SSSR count). The zero-order valence-electron chi connectivity index (χ0n) is 6.31. The van der Waals surface area contributed by atoms with E-state index in [1.54, 1.807) is 7.05 Å². The van der Waals surface area contributed by atoms with Gasteiger partial charge in [-0.15, -0.1) is 0 Å². The Morgan fingerprint density at radius 1 is 1.60 bits per heavy atom. The third-order valence-electron chi connectivity index (χ3n) is 1.64. The standard InChI is InChI=1S/C7H14N2O/c1-8-7(10)4-5-9-6-2-3-6/h6,9H,2-5H2,1H3,(H,8,10). The predicted octanol–water partition coefficient (Wildman–Crippen LogP) is -0.126. The van der Waals surface area contributed by atoms with E-state index in [9.17, 15) is 4.79 Å². The van der Waals surface area contributed by atoms with E-state index in [-0.39, 0.29) is 5.91 Å². The molecule has 3 nitrogen and oxygen atoms in total. The van der Waals surface area contributed by atoms with Crippen LogP contribution < -0.4 is 10.6 Å². The lowest BCUT2D eigenvalue weighted by atomic mass is 10.4. The van der Waals surface area contributed by atoms with Gasteiger partial charge in [0, 0.05) is 26.1 Å². The van der Waals surface area contributed by atoms with Crippen molar-refractivity contribution in [3.05, 3.63) is 0 Å². The van der Waals surface area contributed by atoms with Crippen LogP contribution in [0.2, 0.25) is 0 Å². The van der Waals surface area contributed by atoms with E-state index >= 15 is 0 Å². The van der Waals surface area contributed by atoms with Crippen molar-refractivity contribution in [2.24, 2.45) is 0 Å². The Kier molecular flexibility index (Phi) is 2.68. The van der Waals surface area contributed by atoms with Gasteiger partial charge >= 0.3 is 0 Å². The molecule has 58 valence electrons. The first kappa shape index (κ1) is 7.54. The smallest absolute Gasteiger partial charge is 0.221 e. The Morgan fingerprint density at radius 3 is 2.80 bits per heavy atom. The summed E-state index contributed by atoms with van der Waals surface area (Å²) in [7, 11) is 1.67. The molecule has 1 saturated carbocycles. The maximum atomic E-state index is 10.7. The maximum Gasteiger partial charge on any atom is 0.221 e. The van der Waals surface area contributed by atoms with Gasteiger partial charge in [0.25, 0.3) is 0 Å². The average molecular weight is 142 g/mol. The minimum Gasteiger partial charge on any atom is -0.359 e. The SMILES string of the molecule is CNC(=O)CCNC1CC1. The summed E-state index contributed by atoms with van der Waals surface area (Å²) in [5.41, 5.74) is 0. The number of hydrogen-bond acceptors (Lipinski definition) is 2. The minimum absolute atomic E-state index is 0.119. The summed E-state index contributed by atoms with van der Waals surface area (Å²) < 4.78 is 0. The topological polar surface area (TPSA) is 41.1 Å². The second-order valence-corrected chi connectivity index (χ2v) is 2.65. The third-order valence-corrected chi connectivity index (χ3v) is 1.64. The lowest BCUT2D eigenvalue weighted by Crippen LogP contribution is -2.25. The van der Waals surface area contributed by atoms with Gasteiger partial charge in [-0.1, -0.05) is 0 Å². The highest BCUT2D eigenvalue weighted by atomic mass is 16.1. The Bertz CT molecular complexity index is 121. The van der Waals surface area contributed by atoms with Crippen LogP contribution in [0.4, 0.5) is 0 Å². The monoisotopic (exact) mass is 142 g/mol. The number of hydrogen-bond donors (Lipinski definition) is 2. The molecular weight excluding hydrogens is 128 g/mol. The summed E-state index contributed by atoms with van der Waals surface area (Å²) in [6.45, 7) is 0.824. The fourth-order valence-electron chi connectivity index (χ4n) is 0.802. The summed E-state index contributed by atoms with van der Waals surface area (Å²) in [5.74, 6) is 0.119. The van der Waals surface area contributed by atoms with Crippen molar-refractivity contribution < 1.29 is 4.79 Å². The maximum absolute atomic E-state index is 10.7. The quantitative estimate of drug-likeness (QED) is 0.574. The first-order valence-corrected chi connectivity index (χ1v) is 3.77. The number of nitrogens with one attached hydrogen (secondary N) is 2. The molecule has 0 spiro atoms. The van der Waals surface area contributed by atoms with Crippen LogP contribution in [0.25, 0.3) is 0 Å². The summed E-state index contributed by atoms with van der Waals surface area (Å²) in [6.07, 6.45) is 3.18. The molecule has 0 radical (unpaired) electrons. The number of amides is 1. The number of carbonyl (C=O) groups is 1. The summed E-state index contributed by atoms with van der Waals surface area (Å²) in [4.78, 5) is 10.7. The van der Waals surface area contributed by atoms with Gasteiger partial charge in [0.2, 0.25) is 5.91 Å². The van der Waals surface area contributed by atoms with Crippen LogP contribution in [-0.4, -0.2) is 25.5 Å². The highest BCUT2D eigenvalue weighted by molar-refractivity contribution is 5.75. The molecule has 0 aromatic heterocycles. The first-order valence-electron chi connectivity index (χ1n) is 3.77. The van der Waals surface area contributed by atoms with E-state index in [1.807, 2.05) is 0 Å². The normalized spacial score (nSPS) is 16.9. The molecule has 0 heterocycles. The van der Waals surface area contributed by atoms with Gasteiger partial charge in [-0.3, -0.25) is 4.79 Å². The minimum atomic E-state index is 0.119. The van der Waals surface area contributed by atoms with E-state index in [0.29, 0.717) is 12.5 Å². The number of rotatable bonds is 4. The third kappa shape index (κ3) is 2.82. The van der Waals surface area contributed by atoms with Crippen LogP contribution in [0.5, 0.6) is 0 Å². The van der Waals surface area contributed by atoms with Gasteiger partial charge < -0.3 is 10.6 Å². The van der Waals surface area contributed by atoms with Crippen molar-refractivity contribution in [2.75, 3.05) is 13.6 Å². The highest BCUT2D eigenvalue weighted by Gasteiger charge is 2.19. The van der Waals surface area contributed by atoms with Gasteiger partial charge in [-0.2, -0.15) is 0 Å². The summed E-state index contributed by atoms with van der Waals surface area (Å²) in [6, 6.07) is 0.713. The van der Waals surface area contributed by atoms with Gasteiger partial charge in [-0.25, -0.2) is 0 Å². The van der Waals surface area contributed by atoms with Crippen molar-refractivity contribution in [3.8, 4) is 0 Å². The van der Waals surface area contributed by atoms with Crippen LogP contribution in [0.15, 0.2) is 0 Å². The van der Waals surface area contributed by atoms with Gasteiger partial charge in [0.1, 0.15) is 0 Å². The molecule has 1 aliphatic carbocycles. The van der Waals surface area contributed by atoms with Gasteiger partial charge in [0.15, 0.2) is 0 Å². The molecule has 0 aromatic carbocycles. The number of carbonyl (C=O) groups excluding carboxylic acids is 1. The van der Waals surface area contributed by atoms with Crippen molar-refractivity contribution in [1.82, 2.24) is 10.6 Å². The zero-order chi connectivity index (χ0) is 7.40. The van der Waals surface area contributed by atoms with Crippen molar-refractivity contribution in [2.45, 2.75) is 25.3 Å². The zero-order valence-corrected chi connectivity index (χ0v) is 6.31. The lowest BCUT2D eigenvalue weighted by Gasteiger charge is -2.00. The van der Waals surface area contributed by atoms with E-state index in [2.05, 4.69) is 10.6 Å². The van der Waals surface area contributed by atoms with Crippen LogP contribution in [0, 0.1) is 0 Å². The fourth-order valence-corrected chi connectivity index (χ4v) is 0.802. The van der Waals surface area contributed by atoms with Crippen molar-refractivity contribution in [1.29, 1.82) is 0 Å². The summed E-state index contributed by atoms with van der Waals surface area (Å²) in [5, 5.41) is 5.84. The largest absolute Gasteiger partial charge is 0.359 e. The average Bonchev–Trinajstić information content (AvgIpc) is 2.71. The van der Waals surface area contributed by atoms with Gasteiger partial charge in [-0.05, 0) is 12.8 Å². The molecule has 0 aliphatic heterocycles. The molecule has 0 bridgehead atoms. The van der Waals surface area contributed by atoms with Crippen LogP contribution in [0.1, 0.15) is 19.3 Å².